The lowest BCUT2D eigenvalue weighted by Gasteiger charge is -2.29. The van der Waals surface area contributed by atoms with Crippen molar-refractivity contribution in [2.45, 2.75) is 51.7 Å². The molecule has 0 aromatic rings. The van der Waals surface area contributed by atoms with E-state index >= 15 is 0 Å². The summed E-state index contributed by atoms with van der Waals surface area (Å²) in [7, 11) is 0. The Kier molecular flexibility index (Phi) is 5.20. The maximum absolute atomic E-state index is 12.0. The third-order valence-electron chi connectivity index (χ3n) is 3.08. The molecule has 2 atom stereocenters. The fourth-order valence-electron chi connectivity index (χ4n) is 2.14. The molecular formula is C14H25NO3. The van der Waals surface area contributed by atoms with E-state index in [0.29, 0.717) is 13.1 Å². The topological polar surface area (TPSA) is 49.8 Å². The Morgan fingerprint density at radius 2 is 2.17 bits per heavy atom. The van der Waals surface area contributed by atoms with Gasteiger partial charge < -0.3 is 14.7 Å². The molecule has 104 valence electrons. The van der Waals surface area contributed by atoms with Crippen LogP contribution < -0.4 is 0 Å². The first-order valence-corrected chi connectivity index (χ1v) is 6.62. The summed E-state index contributed by atoms with van der Waals surface area (Å²) in [6, 6.07) is 0. The predicted octanol–water partition coefficient (Wildman–Crippen LogP) is 2.57. The maximum atomic E-state index is 12.0. The summed E-state index contributed by atoms with van der Waals surface area (Å²) >= 11 is 0. The average Bonchev–Trinajstić information content (AvgIpc) is 2.51. The molecule has 1 aliphatic heterocycles. The monoisotopic (exact) mass is 255 g/mol. The molecule has 1 saturated heterocycles. The van der Waals surface area contributed by atoms with Gasteiger partial charge in [-0.15, -0.1) is 6.58 Å². The molecular weight excluding hydrogens is 230 g/mol. The van der Waals surface area contributed by atoms with E-state index in [4.69, 9.17) is 4.74 Å². The van der Waals surface area contributed by atoms with E-state index in [-0.39, 0.29) is 12.0 Å². The standard InChI is InChI=1S/C14H25NO3/c1-5-12(16)11-8-6-7-9-15(10-11)13(17)18-14(2,3)4/h5,11-12,16H,1,6-10H2,2-4H3. The minimum absolute atomic E-state index is 0.0671. The summed E-state index contributed by atoms with van der Waals surface area (Å²) in [5, 5.41) is 9.84. The summed E-state index contributed by atoms with van der Waals surface area (Å²) in [4.78, 5) is 13.7. The number of hydrogen-bond donors (Lipinski definition) is 1. The summed E-state index contributed by atoms with van der Waals surface area (Å²) in [5.74, 6) is 0.0671. The second kappa shape index (κ2) is 6.23. The van der Waals surface area contributed by atoms with Crippen molar-refractivity contribution in [3.05, 3.63) is 12.7 Å². The molecule has 0 spiro atoms. The molecule has 2 unspecified atom stereocenters. The maximum Gasteiger partial charge on any atom is 0.410 e. The molecule has 1 N–H and O–H groups in total. The number of amides is 1. The van der Waals surface area contributed by atoms with E-state index in [0.717, 1.165) is 19.3 Å². The lowest BCUT2D eigenvalue weighted by molar-refractivity contribution is 0.0195. The van der Waals surface area contributed by atoms with Gasteiger partial charge in [-0.2, -0.15) is 0 Å². The van der Waals surface area contributed by atoms with Crippen molar-refractivity contribution >= 4 is 6.09 Å². The van der Waals surface area contributed by atoms with Crippen LogP contribution in [0.15, 0.2) is 12.7 Å². The molecule has 1 amide bonds. The van der Waals surface area contributed by atoms with Gasteiger partial charge in [-0.1, -0.05) is 12.5 Å². The summed E-state index contributed by atoms with van der Waals surface area (Å²) in [5.41, 5.74) is -0.476. The lowest BCUT2D eigenvalue weighted by atomic mass is 9.97. The molecule has 18 heavy (non-hydrogen) atoms. The highest BCUT2D eigenvalue weighted by Gasteiger charge is 2.28. The predicted molar refractivity (Wildman–Crippen MR) is 71.4 cm³/mol. The molecule has 4 heteroatoms. The van der Waals surface area contributed by atoms with Gasteiger partial charge in [0.15, 0.2) is 0 Å². The number of ether oxygens (including phenoxy) is 1. The molecule has 0 saturated carbocycles. The number of aliphatic hydroxyl groups excluding tert-OH is 1. The quantitative estimate of drug-likeness (QED) is 0.771. The normalized spacial score (nSPS) is 23.1. The molecule has 1 aliphatic rings. The van der Waals surface area contributed by atoms with E-state index in [1.807, 2.05) is 20.8 Å². The van der Waals surface area contributed by atoms with Crippen molar-refractivity contribution in [2.24, 2.45) is 5.92 Å². The van der Waals surface area contributed by atoms with Crippen LogP contribution in [0.4, 0.5) is 4.79 Å². The molecule has 0 aromatic carbocycles. The third kappa shape index (κ3) is 4.69. The van der Waals surface area contributed by atoms with Crippen LogP contribution in [-0.2, 0) is 4.74 Å². The minimum atomic E-state index is -0.548. The van der Waals surface area contributed by atoms with Gasteiger partial charge >= 0.3 is 6.09 Å². The van der Waals surface area contributed by atoms with E-state index in [1.54, 1.807) is 11.0 Å². The first kappa shape index (κ1) is 15.0. The Labute approximate surface area is 110 Å². The molecule has 0 bridgehead atoms. The minimum Gasteiger partial charge on any atom is -0.444 e. The van der Waals surface area contributed by atoms with Crippen molar-refractivity contribution in [1.82, 2.24) is 4.90 Å². The molecule has 0 radical (unpaired) electrons. The first-order valence-electron chi connectivity index (χ1n) is 6.62. The largest absolute Gasteiger partial charge is 0.444 e. The van der Waals surface area contributed by atoms with Gasteiger partial charge in [-0.25, -0.2) is 4.79 Å². The van der Waals surface area contributed by atoms with E-state index < -0.39 is 11.7 Å². The van der Waals surface area contributed by atoms with Crippen LogP contribution in [0.25, 0.3) is 0 Å². The molecule has 0 aromatic heterocycles. The summed E-state index contributed by atoms with van der Waals surface area (Å²) < 4.78 is 5.37. The Balaban J connectivity index is 2.64. The summed E-state index contributed by atoms with van der Waals surface area (Å²) in [6.07, 6.45) is 3.61. The van der Waals surface area contributed by atoms with Crippen molar-refractivity contribution in [3.63, 3.8) is 0 Å². The highest BCUT2D eigenvalue weighted by molar-refractivity contribution is 5.68. The lowest BCUT2D eigenvalue weighted by Crippen LogP contribution is -2.40. The van der Waals surface area contributed by atoms with Gasteiger partial charge in [-0.3, -0.25) is 0 Å². The van der Waals surface area contributed by atoms with Crippen LogP contribution in [0.1, 0.15) is 40.0 Å². The van der Waals surface area contributed by atoms with Crippen LogP contribution in [-0.4, -0.2) is 40.9 Å². The van der Waals surface area contributed by atoms with Gasteiger partial charge in [0.05, 0.1) is 6.10 Å². The van der Waals surface area contributed by atoms with Gasteiger partial charge in [-0.05, 0) is 33.6 Å². The second-order valence-electron chi connectivity index (χ2n) is 5.91. The van der Waals surface area contributed by atoms with Gasteiger partial charge in [0.25, 0.3) is 0 Å². The number of rotatable bonds is 2. The molecule has 1 rings (SSSR count). The molecule has 1 fully saturated rings. The van der Waals surface area contributed by atoms with Crippen LogP contribution in [0.5, 0.6) is 0 Å². The average molecular weight is 255 g/mol. The Bertz CT molecular complexity index is 296. The van der Waals surface area contributed by atoms with E-state index in [9.17, 15) is 9.90 Å². The third-order valence-corrected chi connectivity index (χ3v) is 3.08. The van der Waals surface area contributed by atoms with Gasteiger partial charge in [0.1, 0.15) is 5.60 Å². The van der Waals surface area contributed by atoms with E-state index in [1.165, 1.54) is 0 Å². The Morgan fingerprint density at radius 3 is 2.72 bits per heavy atom. The van der Waals surface area contributed by atoms with Crippen LogP contribution in [0.3, 0.4) is 0 Å². The van der Waals surface area contributed by atoms with Crippen molar-refractivity contribution in [1.29, 1.82) is 0 Å². The fraction of sp³-hybridized carbons (Fsp3) is 0.786. The SMILES string of the molecule is C=CC(O)C1CCCCN(C(=O)OC(C)(C)C)C1. The number of carbonyl (C=O) groups is 1. The highest BCUT2D eigenvalue weighted by Crippen LogP contribution is 2.22. The van der Waals surface area contributed by atoms with Gasteiger partial charge in [0, 0.05) is 19.0 Å². The smallest absolute Gasteiger partial charge is 0.410 e. The number of hydrogen-bond acceptors (Lipinski definition) is 3. The fourth-order valence-corrected chi connectivity index (χ4v) is 2.14. The van der Waals surface area contributed by atoms with E-state index in [2.05, 4.69) is 6.58 Å². The van der Waals surface area contributed by atoms with Gasteiger partial charge in [0.2, 0.25) is 0 Å². The number of likely N-dealkylation sites (tertiary alicyclic amines) is 1. The Morgan fingerprint density at radius 1 is 1.50 bits per heavy atom. The summed E-state index contributed by atoms with van der Waals surface area (Å²) in [6.45, 7) is 10.4. The van der Waals surface area contributed by atoms with Crippen LogP contribution >= 0.6 is 0 Å². The second-order valence-corrected chi connectivity index (χ2v) is 5.91. The zero-order chi connectivity index (χ0) is 13.8. The van der Waals surface area contributed by atoms with Crippen molar-refractivity contribution in [3.8, 4) is 0 Å². The molecule has 1 heterocycles. The zero-order valence-corrected chi connectivity index (χ0v) is 11.7. The molecule has 0 aliphatic carbocycles. The Hall–Kier alpha value is -1.03. The first-order chi connectivity index (χ1) is 8.33. The highest BCUT2D eigenvalue weighted by atomic mass is 16.6. The number of aliphatic hydroxyl groups is 1. The number of carbonyl (C=O) groups excluding carboxylic acids is 1. The zero-order valence-electron chi connectivity index (χ0n) is 11.7. The number of nitrogens with zero attached hydrogens (tertiary/aromatic N) is 1. The van der Waals surface area contributed by atoms with Crippen LogP contribution in [0.2, 0.25) is 0 Å². The molecule has 4 nitrogen and oxygen atoms in total. The van der Waals surface area contributed by atoms with Crippen LogP contribution in [0, 0.1) is 5.92 Å². The van der Waals surface area contributed by atoms with Crippen molar-refractivity contribution < 1.29 is 14.6 Å². The van der Waals surface area contributed by atoms with Crippen molar-refractivity contribution in [2.75, 3.05) is 13.1 Å².